The minimum atomic E-state index is -4.65. The van der Waals surface area contributed by atoms with E-state index in [-0.39, 0.29) is 17.8 Å². The molecule has 0 radical (unpaired) electrons. The van der Waals surface area contributed by atoms with Crippen molar-refractivity contribution in [2.45, 2.75) is 6.18 Å². The average molecular weight is 515 g/mol. The summed E-state index contributed by atoms with van der Waals surface area (Å²) in [5.41, 5.74) is -0.140. The zero-order valence-corrected chi connectivity index (χ0v) is 18.2. The van der Waals surface area contributed by atoms with E-state index in [2.05, 4.69) is 41.4 Å². The van der Waals surface area contributed by atoms with Crippen LogP contribution in [0.5, 0.6) is 0 Å². The minimum absolute atomic E-state index is 0.0957. The van der Waals surface area contributed by atoms with Gasteiger partial charge in [0.2, 0.25) is 5.91 Å². The summed E-state index contributed by atoms with van der Waals surface area (Å²) in [5.74, 6) is -0.0182. The number of aromatic amines is 1. The SMILES string of the molecule is CN(CC(=O)Nc1scc(Br)c1-c1ncn[nH]1)c1cc(C(F)(F)F)ncc1/C=C\C=O. The number of anilines is 2. The number of aromatic nitrogens is 4. The molecule has 0 bridgehead atoms. The number of aldehydes is 1. The maximum Gasteiger partial charge on any atom is 0.433 e. The fourth-order valence-electron chi connectivity index (χ4n) is 2.65. The van der Waals surface area contributed by atoms with Gasteiger partial charge in [-0.25, -0.2) is 4.98 Å². The Morgan fingerprint density at radius 2 is 2.16 bits per heavy atom. The smallest absolute Gasteiger partial charge is 0.365 e. The van der Waals surface area contributed by atoms with Gasteiger partial charge in [-0.15, -0.1) is 11.3 Å². The molecule has 2 N–H and O–H groups in total. The van der Waals surface area contributed by atoms with Crippen LogP contribution in [0.15, 0.2) is 34.5 Å². The highest BCUT2D eigenvalue weighted by atomic mass is 79.9. The third-order valence-corrected chi connectivity index (χ3v) is 5.82. The molecule has 0 aliphatic heterocycles. The van der Waals surface area contributed by atoms with Crippen molar-refractivity contribution in [1.29, 1.82) is 0 Å². The van der Waals surface area contributed by atoms with E-state index in [1.807, 2.05) is 0 Å². The molecule has 0 saturated carbocycles. The predicted octanol–water partition coefficient (Wildman–Crippen LogP) is 4.00. The van der Waals surface area contributed by atoms with Gasteiger partial charge in [0.15, 0.2) is 5.82 Å². The number of hydrogen-bond donors (Lipinski definition) is 2. The lowest BCUT2D eigenvalue weighted by Gasteiger charge is -2.22. The van der Waals surface area contributed by atoms with Crippen molar-refractivity contribution in [3.05, 3.63) is 45.8 Å². The fourth-order valence-corrected chi connectivity index (χ4v) is 4.29. The molecular formula is C18H14BrF3N6O2S. The third kappa shape index (κ3) is 5.35. The van der Waals surface area contributed by atoms with Crippen molar-refractivity contribution in [3.8, 4) is 11.4 Å². The van der Waals surface area contributed by atoms with Gasteiger partial charge in [-0.1, -0.05) is 0 Å². The summed E-state index contributed by atoms with van der Waals surface area (Å²) >= 11 is 4.64. The summed E-state index contributed by atoms with van der Waals surface area (Å²) < 4.78 is 40.0. The summed E-state index contributed by atoms with van der Waals surface area (Å²) in [6.45, 7) is -0.255. The predicted molar refractivity (Wildman–Crippen MR) is 114 cm³/mol. The van der Waals surface area contributed by atoms with E-state index < -0.39 is 17.8 Å². The number of allylic oxidation sites excluding steroid dienone is 1. The van der Waals surface area contributed by atoms with Crippen molar-refractivity contribution in [3.63, 3.8) is 0 Å². The molecular weight excluding hydrogens is 501 g/mol. The molecule has 13 heteroatoms. The van der Waals surface area contributed by atoms with Gasteiger partial charge in [0.05, 0.1) is 12.1 Å². The van der Waals surface area contributed by atoms with E-state index in [1.165, 1.54) is 35.7 Å². The van der Waals surface area contributed by atoms with Crippen LogP contribution in [0.2, 0.25) is 0 Å². The van der Waals surface area contributed by atoms with Gasteiger partial charge in [-0.05, 0) is 34.1 Å². The number of likely N-dealkylation sites (N-methyl/N-ethyl adjacent to an activating group) is 1. The molecule has 0 aliphatic carbocycles. The Morgan fingerprint density at radius 3 is 2.81 bits per heavy atom. The van der Waals surface area contributed by atoms with Crippen molar-refractivity contribution in [2.24, 2.45) is 0 Å². The summed E-state index contributed by atoms with van der Waals surface area (Å²) in [4.78, 5) is 32.0. The van der Waals surface area contributed by atoms with E-state index >= 15 is 0 Å². The number of pyridine rings is 1. The summed E-state index contributed by atoms with van der Waals surface area (Å²) in [7, 11) is 1.47. The summed E-state index contributed by atoms with van der Waals surface area (Å²) in [5, 5.41) is 11.5. The first kappa shape index (κ1) is 22.6. The molecule has 3 aromatic heterocycles. The standard InChI is InChI=1S/C18H14BrF3N6O2S/c1-28(12-5-13(18(20,21)22)23-6-10(12)3-2-4-29)7-14(30)26-17-15(11(19)8-31-17)16-24-9-25-27-16/h2-6,8-9H,7H2,1H3,(H,26,30)(H,24,25,27)/b3-2-. The minimum Gasteiger partial charge on any atom is -0.365 e. The Balaban J connectivity index is 1.83. The first-order valence-electron chi connectivity index (χ1n) is 8.53. The normalized spacial score (nSPS) is 11.6. The van der Waals surface area contributed by atoms with Gasteiger partial charge in [-0.2, -0.15) is 18.3 Å². The van der Waals surface area contributed by atoms with Gasteiger partial charge in [0.1, 0.15) is 23.3 Å². The number of halogens is 4. The summed E-state index contributed by atoms with van der Waals surface area (Å²) in [6.07, 6.45) is 0.629. The van der Waals surface area contributed by atoms with Crippen LogP contribution in [-0.4, -0.2) is 46.0 Å². The lowest BCUT2D eigenvalue weighted by atomic mass is 10.1. The number of carbonyl (C=O) groups excluding carboxylic acids is 2. The first-order valence-corrected chi connectivity index (χ1v) is 10.2. The van der Waals surface area contributed by atoms with Crippen LogP contribution in [0.3, 0.4) is 0 Å². The number of amides is 1. The van der Waals surface area contributed by atoms with Crippen LogP contribution >= 0.6 is 27.3 Å². The number of alkyl halides is 3. The van der Waals surface area contributed by atoms with E-state index in [0.717, 1.165) is 18.3 Å². The van der Waals surface area contributed by atoms with E-state index in [1.54, 1.807) is 5.38 Å². The number of H-pyrrole nitrogens is 1. The lowest BCUT2D eigenvalue weighted by Crippen LogP contribution is -2.30. The molecule has 0 unspecified atom stereocenters. The highest BCUT2D eigenvalue weighted by molar-refractivity contribution is 9.10. The maximum atomic E-state index is 13.1. The number of hydrogen-bond acceptors (Lipinski definition) is 7. The third-order valence-electron chi connectivity index (χ3n) is 4.00. The average Bonchev–Trinajstić information content (AvgIpc) is 3.35. The molecule has 162 valence electrons. The molecule has 0 atom stereocenters. The zero-order valence-electron chi connectivity index (χ0n) is 15.8. The van der Waals surface area contributed by atoms with E-state index in [9.17, 15) is 22.8 Å². The monoisotopic (exact) mass is 514 g/mol. The van der Waals surface area contributed by atoms with Gasteiger partial charge in [0.25, 0.3) is 0 Å². The Kier molecular flexibility index (Phi) is 6.85. The van der Waals surface area contributed by atoms with Crippen molar-refractivity contribution < 1.29 is 22.8 Å². The number of nitrogens with zero attached hydrogens (tertiary/aromatic N) is 4. The van der Waals surface area contributed by atoms with Crippen LogP contribution in [-0.2, 0) is 15.8 Å². The Bertz CT molecular complexity index is 1110. The number of thiophene rings is 1. The number of carbonyl (C=O) groups is 2. The highest BCUT2D eigenvalue weighted by Gasteiger charge is 2.33. The largest absolute Gasteiger partial charge is 0.433 e. The Labute approximate surface area is 186 Å². The van der Waals surface area contributed by atoms with Crippen molar-refractivity contribution in [1.82, 2.24) is 20.2 Å². The topological polar surface area (TPSA) is 104 Å². The molecule has 3 aromatic rings. The quantitative estimate of drug-likeness (QED) is 0.364. The second-order valence-electron chi connectivity index (χ2n) is 6.15. The molecule has 0 fully saturated rings. The molecule has 31 heavy (non-hydrogen) atoms. The second kappa shape index (κ2) is 9.39. The van der Waals surface area contributed by atoms with Crippen LogP contribution < -0.4 is 10.2 Å². The summed E-state index contributed by atoms with van der Waals surface area (Å²) in [6, 6.07) is 0.833. The zero-order chi connectivity index (χ0) is 22.6. The van der Waals surface area contributed by atoms with Gasteiger partial charge in [0, 0.05) is 34.3 Å². The van der Waals surface area contributed by atoms with Gasteiger partial charge < -0.3 is 10.2 Å². The fraction of sp³-hybridized carbons (Fsp3) is 0.167. The maximum absolute atomic E-state index is 13.1. The van der Waals surface area contributed by atoms with E-state index in [4.69, 9.17) is 0 Å². The van der Waals surface area contributed by atoms with Gasteiger partial charge in [-0.3, -0.25) is 19.7 Å². The van der Waals surface area contributed by atoms with Crippen molar-refractivity contribution >= 4 is 56.2 Å². The number of rotatable bonds is 7. The van der Waals surface area contributed by atoms with E-state index in [0.29, 0.717) is 27.1 Å². The molecule has 0 aliphatic rings. The number of nitrogens with one attached hydrogen (secondary N) is 2. The first-order chi connectivity index (χ1) is 14.7. The Hall–Kier alpha value is -3.06. The van der Waals surface area contributed by atoms with Gasteiger partial charge >= 0.3 is 6.18 Å². The molecule has 8 nitrogen and oxygen atoms in total. The Morgan fingerprint density at radius 1 is 1.39 bits per heavy atom. The van der Waals surface area contributed by atoms with Crippen molar-refractivity contribution in [2.75, 3.05) is 23.8 Å². The highest BCUT2D eigenvalue weighted by Crippen LogP contribution is 2.39. The molecule has 1 amide bonds. The molecule has 3 heterocycles. The molecule has 0 aromatic carbocycles. The molecule has 3 rings (SSSR count). The second-order valence-corrected chi connectivity index (χ2v) is 7.88. The van der Waals surface area contributed by atoms with Crippen LogP contribution in [0, 0.1) is 0 Å². The van der Waals surface area contributed by atoms with Crippen LogP contribution in [0.1, 0.15) is 11.3 Å². The molecule has 0 spiro atoms. The van der Waals surface area contributed by atoms with Crippen LogP contribution in [0.4, 0.5) is 23.9 Å². The lowest BCUT2D eigenvalue weighted by molar-refractivity contribution is -0.141. The van der Waals surface area contributed by atoms with Crippen LogP contribution in [0.25, 0.3) is 17.5 Å². The molecule has 0 saturated heterocycles.